The topological polar surface area (TPSA) is 80.3 Å². The third-order valence-corrected chi connectivity index (χ3v) is 4.10. The number of aromatic nitrogens is 1. The number of hydrogen-bond donors (Lipinski definition) is 2. The number of nitrogens with zero attached hydrogens (tertiary/aromatic N) is 1. The molecule has 1 fully saturated rings. The summed E-state index contributed by atoms with van der Waals surface area (Å²) in [4.78, 5) is 28.0. The van der Waals surface area contributed by atoms with Crippen LogP contribution in [0.2, 0.25) is 0 Å². The van der Waals surface area contributed by atoms with Crippen LogP contribution in [0.4, 0.5) is 17.2 Å². The first-order valence-electron chi connectivity index (χ1n) is 7.88. The van der Waals surface area contributed by atoms with Crippen molar-refractivity contribution in [2.45, 2.75) is 19.3 Å². The highest BCUT2D eigenvalue weighted by atomic mass is 16.5. The number of para-hydroxylation sites is 1. The van der Waals surface area contributed by atoms with Gasteiger partial charge >= 0.3 is 5.97 Å². The number of carbonyl (C=O) groups is 2. The number of methoxy groups -OCH3 is 1. The Labute approximate surface area is 140 Å². The first-order valence-corrected chi connectivity index (χ1v) is 7.88. The summed E-state index contributed by atoms with van der Waals surface area (Å²) in [6.45, 7) is 0. The normalized spacial score (nSPS) is 13.7. The van der Waals surface area contributed by atoms with Crippen LogP contribution in [0, 0.1) is 5.92 Å². The Morgan fingerprint density at radius 3 is 2.58 bits per heavy atom. The number of anilines is 3. The predicted molar refractivity (Wildman–Crippen MR) is 91.3 cm³/mol. The predicted octanol–water partition coefficient (Wildman–Crippen LogP) is 3.35. The Balaban J connectivity index is 1.68. The van der Waals surface area contributed by atoms with E-state index in [4.69, 9.17) is 4.74 Å². The molecule has 1 aliphatic carbocycles. The minimum atomic E-state index is -0.414. The van der Waals surface area contributed by atoms with E-state index in [1.807, 2.05) is 6.07 Å². The standard InChI is InChI=1S/C18H19N3O3/c1-24-18(23)14-7-2-3-8-15(14)21-16-10-9-13(11-19-16)20-17(22)12-5-4-6-12/h2-3,7-12H,4-6H2,1H3,(H,19,21)(H,20,22). The van der Waals surface area contributed by atoms with Gasteiger partial charge in [0.05, 0.1) is 30.2 Å². The van der Waals surface area contributed by atoms with Crippen LogP contribution < -0.4 is 10.6 Å². The molecule has 6 heteroatoms. The van der Waals surface area contributed by atoms with Gasteiger partial charge in [0.1, 0.15) is 5.82 Å². The number of esters is 1. The van der Waals surface area contributed by atoms with E-state index in [0.717, 1.165) is 19.3 Å². The van der Waals surface area contributed by atoms with Crippen LogP contribution in [0.15, 0.2) is 42.6 Å². The minimum absolute atomic E-state index is 0.0554. The van der Waals surface area contributed by atoms with Crippen molar-refractivity contribution in [1.82, 2.24) is 4.98 Å². The Morgan fingerprint density at radius 2 is 1.96 bits per heavy atom. The molecule has 1 heterocycles. The molecule has 0 spiro atoms. The minimum Gasteiger partial charge on any atom is -0.465 e. The maximum Gasteiger partial charge on any atom is 0.339 e. The van der Waals surface area contributed by atoms with Crippen LogP contribution in [0.25, 0.3) is 0 Å². The van der Waals surface area contributed by atoms with E-state index >= 15 is 0 Å². The lowest BCUT2D eigenvalue weighted by molar-refractivity contribution is -0.122. The van der Waals surface area contributed by atoms with E-state index in [0.29, 0.717) is 22.8 Å². The number of carbonyl (C=O) groups excluding carboxylic acids is 2. The van der Waals surface area contributed by atoms with Crippen LogP contribution in [-0.2, 0) is 9.53 Å². The van der Waals surface area contributed by atoms with Crippen molar-refractivity contribution in [3.05, 3.63) is 48.2 Å². The van der Waals surface area contributed by atoms with E-state index in [2.05, 4.69) is 15.6 Å². The SMILES string of the molecule is COC(=O)c1ccccc1Nc1ccc(NC(=O)C2CCC2)cn1. The van der Waals surface area contributed by atoms with Crippen molar-refractivity contribution >= 4 is 29.1 Å². The van der Waals surface area contributed by atoms with Crippen LogP contribution in [-0.4, -0.2) is 24.0 Å². The largest absolute Gasteiger partial charge is 0.465 e. The van der Waals surface area contributed by atoms with Crippen LogP contribution in [0.5, 0.6) is 0 Å². The molecule has 0 unspecified atom stereocenters. The van der Waals surface area contributed by atoms with Crippen molar-refractivity contribution in [1.29, 1.82) is 0 Å². The second-order valence-electron chi connectivity index (χ2n) is 5.71. The monoisotopic (exact) mass is 325 g/mol. The van der Waals surface area contributed by atoms with Crippen LogP contribution in [0.3, 0.4) is 0 Å². The molecule has 1 amide bonds. The Morgan fingerprint density at radius 1 is 1.17 bits per heavy atom. The summed E-state index contributed by atoms with van der Waals surface area (Å²) in [6, 6.07) is 10.6. The van der Waals surface area contributed by atoms with Gasteiger partial charge in [-0.15, -0.1) is 0 Å². The molecular weight excluding hydrogens is 306 g/mol. The molecular formula is C18H19N3O3. The van der Waals surface area contributed by atoms with Gasteiger partial charge < -0.3 is 15.4 Å². The van der Waals surface area contributed by atoms with E-state index in [-0.39, 0.29) is 11.8 Å². The summed E-state index contributed by atoms with van der Waals surface area (Å²) < 4.78 is 4.77. The smallest absolute Gasteiger partial charge is 0.339 e. The third kappa shape index (κ3) is 3.53. The Kier molecular flexibility index (Phi) is 4.74. The molecule has 124 valence electrons. The maximum atomic E-state index is 11.9. The van der Waals surface area contributed by atoms with Crippen LogP contribution >= 0.6 is 0 Å². The Hall–Kier alpha value is -2.89. The maximum absolute atomic E-state index is 11.9. The van der Waals surface area contributed by atoms with E-state index < -0.39 is 5.97 Å². The van der Waals surface area contributed by atoms with Gasteiger partial charge in [0.2, 0.25) is 5.91 Å². The molecule has 1 aromatic carbocycles. The molecule has 1 aromatic heterocycles. The van der Waals surface area contributed by atoms with E-state index in [1.165, 1.54) is 7.11 Å². The molecule has 6 nitrogen and oxygen atoms in total. The number of nitrogens with one attached hydrogen (secondary N) is 2. The highest BCUT2D eigenvalue weighted by Crippen LogP contribution is 2.27. The zero-order valence-corrected chi connectivity index (χ0v) is 13.4. The molecule has 0 bridgehead atoms. The number of pyridine rings is 1. The fourth-order valence-electron chi connectivity index (χ4n) is 2.47. The molecule has 0 aliphatic heterocycles. The summed E-state index contributed by atoms with van der Waals surface area (Å²) in [5, 5.41) is 5.96. The van der Waals surface area contributed by atoms with Gasteiger partial charge in [-0.1, -0.05) is 18.6 Å². The molecule has 24 heavy (non-hydrogen) atoms. The lowest BCUT2D eigenvalue weighted by Gasteiger charge is -2.23. The highest BCUT2D eigenvalue weighted by molar-refractivity contribution is 5.96. The molecule has 1 aliphatic rings. The molecule has 2 N–H and O–H groups in total. The van der Waals surface area contributed by atoms with Crippen molar-refractivity contribution in [3.8, 4) is 0 Å². The fraction of sp³-hybridized carbons (Fsp3) is 0.278. The zero-order valence-electron chi connectivity index (χ0n) is 13.4. The van der Waals surface area contributed by atoms with Gasteiger partial charge in [0, 0.05) is 5.92 Å². The van der Waals surface area contributed by atoms with Crippen molar-refractivity contribution in [2.75, 3.05) is 17.7 Å². The van der Waals surface area contributed by atoms with Gasteiger partial charge in [-0.3, -0.25) is 4.79 Å². The number of hydrogen-bond acceptors (Lipinski definition) is 5. The second kappa shape index (κ2) is 7.12. The van der Waals surface area contributed by atoms with Gasteiger partial charge in [-0.05, 0) is 37.1 Å². The lowest BCUT2D eigenvalue weighted by atomic mass is 9.85. The molecule has 0 radical (unpaired) electrons. The van der Waals surface area contributed by atoms with Crippen molar-refractivity contribution in [2.24, 2.45) is 5.92 Å². The van der Waals surface area contributed by atoms with Gasteiger partial charge in [-0.25, -0.2) is 9.78 Å². The Bertz CT molecular complexity index is 739. The quantitative estimate of drug-likeness (QED) is 0.824. The average molecular weight is 325 g/mol. The van der Waals surface area contributed by atoms with Gasteiger partial charge in [0.25, 0.3) is 0 Å². The van der Waals surface area contributed by atoms with Crippen LogP contribution in [0.1, 0.15) is 29.6 Å². The number of amides is 1. The molecule has 0 saturated heterocycles. The van der Waals surface area contributed by atoms with Gasteiger partial charge in [0.15, 0.2) is 0 Å². The summed E-state index contributed by atoms with van der Waals surface area (Å²) in [6.07, 6.45) is 4.64. The molecule has 1 saturated carbocycles. The summed E-state index contributed by atoms with van der Waals surface area (Å²) >= 11 is 0. The fourth-order valence-corrected chi connectivity index (χ4v) is 2.47. The number of ether oxygens (including phenoxy) is 1. The highest BCUT2D eigenvalue weighted by Gasteiger charge is 2.25. The molecule has 3 rings (SSSR count). The van der Waals surface area contributed by atoms with E-state index in [1.54, 1.807) is 36.5 Å². The number of rotatable bonds is 5. The molecule has 0 atom stereocenters. The van der Waals surface area contributed by atoms with Crippen molar-refractivity contribution < 1.29 is 14.3 Å². The summed E-state index contributed by atoms with van der Waals surface area (Å²) in [5.74, 6) is 0.352. The first-order chi connectivity index (χ1) is 11.7. The van der Waals surface area contributed by atoms with E-state index in [9.17, 15) is 9.59 Å². The average Bonchev–Trinajstić information content (AvgIpc) is 2.55. The first kappa shape index (κ1) is 16.0. The lowest BCUT2D eigenvalue weighted by Crippen LogP contribution is -2.28. The second-order valence-corrected chi connectivity index (χ2v) is 5.71. The van der Waals surface area contributed by atoms with Gasteiger partial charge in [-0.2, -0.15) is 0 Å². The summed E-state index contributed by atoms with van der Waals surface area (Å²) in [5.41, 5.74) is 1.71. The summed E-state index contributed by atoms with van der Waals surface area (Å²) in [7, 11) is 1.34. The zero-order chi connectivity index (χ0) is 16.9. The van der Waals surface area contributed by atoms with Crippen molar-refractivity contribution in [3.63, 3.8) is 0 Å². The number of benzene rings is 1. The molecule has 2 aromatic rings. The third-order valence-electron chi connectivity index (χ3n) is 4.10.